The number of aromatic nitrogens is 1. The number of nitrogens with two attached hydrogens (primary N) is 1. The van der Waals surface area contributed by atoms with E-state index in [2.05, 4.69) is 20.7 Å². The summed E-state index contributed by atoms with van der Waals surface area (Å²) in [6, 6.07) is 0.530. The van der Waals surface area contributed by atoms with Gasteiger partial charge < -0.3 is 11.1 Å². The summed E-state index contributed by atoms with van der Waals surface area (Å²) in [7, 11) is 0. The molecule has 1 fully saturated rings. The summed E-state index contributed by atoms with van der Waals surface area (Å²) in [4.78, 5) is 8.89. The highest BCUT2D eigenvalue weighted by molar-refractivity contribution is 7.09. The minimum absolute atomic E-state index is 0.530. The molecule has 3 N–H and O–H groups in total. The maximum absolute atomic E-state index is 5.96. The van der Waals surface area contributed by atoms with E-state index in [1.807, 2.05) is 6.92 Å². The fourth-order valence-corrected chi connectivity index (χ4v) is 3.44. The van der Waals surface area contributed by atoms with Gasteiger partial charge in [0.1, 0.15) is 0 Å². The van der Waals surface area contributed by atoms with Crippen molar-refractivity contribution in [3.63, 3.8) is 0 Å². The van der Waals surface area contributed by atoms with Gasteiger partial charge in [-0.15, -0.1) is 11.3 Å². The number of aryl methyl sites for hydroxylation is 2. The van der Waals surface area contributed by atoms with Gasteiger partial charge in [0, 0.05) is 30.1 Å². The average Bonchev–Trinajstić information content (AvgIpc) is 2.68. The fraction of sp³-hybridized carbons (Fsp3) is 0.733. The van der Waals surface area contributed by atoms with E-state index in [9.17, 15) is 0 Å². The number of hydrogen-bond donors (Lipinski definition) is 2. The van der Waals surface area contributed by atoms with E-state index in [4.69, 9.17) is 5.73 Å². The number of guanidine groups is 1. The molecule has 2 rings (SSSR count). The second-order valence-corrected chi connectivity index (χ2v) is 6.53. The molecule has 0 spiro atoms. The molecular weight excluding hydrogens is 268 g/mol. The largest absolute Gasteiger partial charge is 0.370 e. The third-order valence-corrected chi connectivity index (χ3v) is 4.73. The van der Waals surface area contributed by atoms with Crippen molar-refractivity contribution in [1.29, 1.82) is 0 Å². The normalized spacial score (nSPS) is 17.9. The number of hydrogen-bond acceptors (Lipinski definition) is 3. The number of thiazole rings is 1. The third kappa shape index (κ3) is 5.49. The van der Waals surface area contributed by atoms with Crippen molar-refractivity contribution in [3.05, 3.63) is 16.1 Å². The van der Waals surface area contributed by atoms with E-state index < -0.39 is 0 Å². The van der Waals surface area contributed by atoms with Crippen molar-refractivity contribution in [3.8, 4) is 0 Å². The molecule has 0 saturated heterocycles. The molecule has 5 heteroatoms. The number of nitrogens with zero attached hydrogens (tertiary/aromatic N) is 2. The van der Waals surface area contributed by atoms with Gasteiger partial charge in [-0.1, -0.05) is 25.7 Å². The average molecular weight is 294 g/mol. The molecule has 0 aromatic carbocycles. The summed E-state index contributed by atoms with van der Waals surface area (Å²) in [6.07, 6.45) is 9.83. The Balaban J connectivity index is 1.65. The van der Waals surface area contributed by atoms with E-state index in [0.717, 1.165) is 25.1 Å². The zero-order chi connectivity index (χ0) is 14.2. The zero-order valence-electron chi connectivity index (χ0n) is 12.4. The van der Waals surface area contributed by atoms with E-state index in [1.54, 1.807) is 11.3 Å². The maximum atomic E-state index is 5.96. The highest BCUT2D eigenvalue weighted by Gasteiger charge is 2.12. The van der Waals surface area contributed by atoms with Gasteiger partial charge >= 0.3 is 0 Å². The second-order valence-electron chi connectivity index (χ2n) is 5.59. The molecule has 1 aromatic rings. The molecule has 0 atom stereocenters. The third-order valence-electron chi connectivity index (χ3n) is 3.70. The summed E-state index contributed by atoms with van der Waals surface area (Å²) in [6.45, 7) is 2.82. The Bertz CT molecular complexity index is 419. The van der Waals surface area contributed by atoms with Crippen molar-refractivity contribution in [2.24, 2.45) is 10.7 Å². The predicted molar refractivity (Wildman–Crippen MR) is 86.3 cm³/mol. The topological polar surface area (TPSA) is 63.3 Å². The molecule has 0 radical (unpaired) electrons. The first kappa shape index (κ1) is 15.3. The van der Waals surface area contributed by atoms with Crippen LogP contribution in [0.5, 0.6) is 0 Å². The molecule has 1 aliphatic rings. The summed E-state index contributed by atoms with van der Waals surface area (Å²) >= 11 is 1.73. The summed E-state index contributed by atoms with van der Waals surface area (Å²) in [5.74, 6) is 0.618. The number of rotatable bonds is 5. The molecule has 4 nitrogen and oxygen atoms in total. The van der Waals surface area contributed by atoms with Gasteiger partial charge in [-0.2, -0.15) is 0 Å². The lowest BCUT2D eigenvalue weighted by atomic mass is 10.1. The first-order chi connectivity index (χ1) is 9.74. The first-order valence-electron chi connectivity index (χ1n) is 7.71. The van der Waals surface area contributed by atoms with Crippen LogP contribution in [0.25, 0.3) is 0 Å². The SMILES string of the molecule is Cc1csc(CCCN=C(N)NC2CCCCCC2)n1. The Morgan fingerprint density at radius 3 is 2.80 bits per heavy atom. The standard InChI is InChI=1S/C15H26N4S/c1-12-11-20-14(18-12)9-6-10-17-15(16)19-13-7-4-2-3-5-8-13/h11,13H,2-10H2,1H3,(H3,16,17,19). The Hall–Kier alpha value is -1.10. The maximum Gasteiger partial charge on any atom is 0.188 e. The monoisotopic (exact) mass is 294 g/mol. The molecule has 0 aliphatic heterocycles. The Kier molecular flexibility index (Phi) is 6.30. The zero-order valence-corrected chi connectivity index (χ0v) is 13.2. The van der Waals surface area contributed by atoms with E-state index in [0.29, 0.717) is 12.0 Å². The van der Waals surface area contributed by atoms with E-state index >= 15 is 0 Å². The van der Waals surface area contributed by atoms with Crippen LogP contribution in [0.4, 0.5) is 0 Å². The highest BCUT2D eigenvalue weighted by Crippen LogP contribution is 2.17. The molecule has 1 aromatic heterocycles. The lowest BCUT2D eigenvalue weighted by molar-refractivity contribution is 0.530. The smallest absolute Gasteiger partial charge is 0.188 e. The van der Waals surface area contributed by atoms with Gasteiger partial charge in [-0.25, -0.2) is 4.98 Å². The fourth-order valence-electron chi connectivity index (χ4n) is 2.63. The molecular formula is C15H26N4S. The van der Waals surface area contributed by atoms with Gasteiger partial charge in [0.2, 0.25) is 0 Å². The lowest BCUT2D eigenvalue weighted by Crippen LogP contribution is -2.39. The molecule has 1 heterocycles. The van der Waals surface area contributed by atoms with Crippen molar-refractivity contribution >= 4 is 17.3 Å². The van der Waals surface area contributed by atoms with E-state index in [1.165, 1.54) is 43.5 Å². The van der Waals surface area contributed by atoms with Crippen LogP contribution in [0.3, 0.4) is 0 Å². The molecule has 0 bridgehead atoms. The van der Waals surface area contributed by atoms with Crippen molar-refractivity contribution in [2.45, 2.75) is 64.3 Å². The molecule has 0 unspecified atom stereocenters. The minimum Gasteiger partial charge on any atom is -0.370 e. The van der Waals surface area contributed by atoms with Crippen LogP contribution in [-0.4, -0.2) is 23.5 Å². The summed E-state index contributed by atoms with van der Waals surface area (Å²) in [5, 5.41) is 6.68. The van der Waals surface area contributed by atoms with E-state index in [-0.39, 0.29) is 0 Å². The predicted octanol–water partition coefficient (Wildman–Crippen LogP) is 3.01. The lowest BCUT2D eigenvalue weighted by Gasteiger charge is -2.16. The Morgan fingerprint density at radius 2 is 2.15 bits per heavy atom. The molecule has 1 aliphatic carbocycles. The van der Waals surface area contributed by atoms with Crippen LogP contribution >= 0.6 is 11.3 Å². The number of aliphatic imine (C=N–C) groups is 1. The van der Waals surface area contributed by atoms with Crippen molar-refractivity contribution in [1.82, 2.24) is 10.3 Å². The van der Waals surface area contributed by atoms with Gasteiger partial charge in [0.15, 0.2) is 5.96 Å². The first-order valence-corrected chi connectivity index (χ1v) is 8.59. The Morgan fingerprint density at radius 1 is 1.40 bits per heavy atom. The van der Waals surface area contributed by atoms with Gasteiger partial charge in [0.25, 0.3) is 0 Å². The molecule has 0 amide bonds. The van der Waals surface area contributed by atoms with Crippen LogP contribution < -0.4 is 11.1 Å². The van der Waals surface area contributed by atoms with Gasteiger partial charge in [-0.3, -0.25) is 4.99 Å². The molecule has 1 saturated carbocycles. The van der Waals surface area contributed by atoms with Crippen LogP contribution in [0.1, 0.15) is 55.6 Å². The molecule has 112 valence electrons. The minimum atomic E-state index is 0.530. The Labute approximate surface area is 125 Å². The number of nitrogens with one attached hydrogen (secondary N) is 1. The summed E-state index contributed by atoms with van der Waals surface area (Å²) in [5.41, 5.74) is 7.08. The van der Waals surface area contributed by atoms with Crippen molar-refractivity contribution in [2.75, 3.05) is 6.54 Å². The summed E-state index contributed by atoms with van der Waals surface area (Å²) < 4.78 is 0. The van der Waals surface area contributed by atoms with Gasteiger partial charge in [0.05, 0.1) is 5.01 Å². The van der Waals surface area contributed by atoms with Crippen LogP contribution in [0.15, 0.2) is 10.4 Å². The quantitative estimate of drug-likeness (QED) is 0.380. The highest BCUT2D eigenvalue weighted by atomic mass is 32.1. The molecule has 20 heavy (non-hydrogen) atoms. The van der Waals surface area contributed by atoms with Crippen LogP contribution in [0.2, 0.25) is 0 Å². The van der Waals surface area contributed by atoms with Gasteiger partial charge in [-0.05, 0) is 26.2 Å². The van der Waals surface area contributed by atoms with Crippen molar-refractivity contribution < 1.29 is 0 Å². The van der Waals surface area contributed by atoms with Crippen LogP contribution in [-0.2, 0) is 6.42 Å². The second kappa shape index (κ2) is 8.25. The van der Waals surface area contributed by atoms with Crippen LogP contribution in [0, 0.1) is 6.92 Å².